The van der Waals surface area contributed by atoms with Crippen molar-refractivity contribution in [2.45, 2.75) is 13.8 Å². The summed E-state index contributed by atoms with van der Waals surface area (Å²) in [5, 5.41) is 10.9. The first kappa shape index (κ1) is 17.0. The lowest BCUT2D eigenvalue weighted by molar-refractivity contribution is -0.114. The highest BCUT2D eigenvalue weighted by Gasteiger charge is 2.09. The maximum absolute atomic E-state index is 12.3. The molecule has 0 spiro atoms. The van der Waals surface area contributed by atoms with E-state index in [0.29, 0.717) is 5.02 Å². The van der Waals surface area contributed by atoms with Gasteiger partial charge in [-0.05, 0) is 49.7 Å². The van der Waals surface area contributed by atoms with Crippen molar-refractivity contribution in [2.75, 3.05) is 17.2 Å². The Hall–Kier alpha value is -2.79. The van der Waals surface area contributed by atoms with Gasteiger partial charge < -0.3 is 10.6 Å². The van der Waals surface area contributed by atoms with Crippen LogP contribution < -0.4 is 10.6 Å². The molecule has 6 heteroatoms. The molecule has 1 heterocycles. The van der Waals surface area contributed by atoms with Gasteiger partial charge in [0.1, 0.15) is 0 Å². The number of anilines is 2. The zero-order valence-corrected chi connectivity index (χ0v) is 14.8. The Kier molecular flexibility index (Phi) is 5.05. The predicted octanol–water partition coefficient (Wildman–Crippen LogP) is 4.19. The van der Waals surface area contributed by atoms with E-state index in [9.17, 15) is 4.79 Å². The molecule has 0 fully saturated rings. The standard InChI is InChI=1S/C19H19ClN4O/c1-13-4-6-16(14(2)10-13)23-19(25)12-21-17-11-15(20)5-7-18(17)24-9-3-8-22-24/h3-11,21H,12H2,1-2H3,(H,23,25). The van der Waals surface area contributed by atoms with E-state index in [1.54, 1.807) is 23.0 Å². The molecule has 0 saturated heterocycles. The van der Waals surface area contributed by atoms with Gasteiger partial charge in [0.25, 0.3) is 0 Å². The molecule has 0 radical (unpaired) electrons. The van der Waals surface area contributed by atoms with Crippen LogP contribution in [0.1, 0.15) is 11.1 Å². The van der Waals surface area contributed by atoms with Gasteiger partial charge in [-0.25, -0.2) is 4.68 Å². The maximum Gasteiger partial charge on any atom is 0.243 e. The number of aromatic nitrogens is 2. The molecule has 0 saturated carbocycles. The minimum atomic E-state index is -0.127. The molecular formula is C19H19ClN4O. The van der Waals surface area contributed by atoms with E-state index in [-0.39, 0.29) is 12.5 Å². The van der Waals surface area contributed by atoms with Crippen LogP contribution >= 0.6 is 11.6 Å². The van der Waals surface area contributed by atoms with Gasteiger partial charge in [0.2, 0.25) is 5.91 Å². The minimum Gasteiger partial charge on any atom is -0.374 e. The summed E-state index contributed by atoms with van der Waals surface area (Å²) < 4.78 is 1.72. The highest BCUT2D eigenvalue weighted by molar-refractivity contribution is 6.31. The molecule has 0 atom stereocenters. The quantitative estimate of drug-likeness (QED) is 0.722. The van der Waals surface area contributed by atoms with E-state index in [4.69, 9.17) is 11.6 Å². The summed E-state index contributed by atoms with van der Waals surface area (Å²) in [5.41, 5.74) is 4.58. The van der Waals surface area contributed by atoms with Gasteiger partial charge >= 0.3 is 0 Å². The van der Waals surface area contributed by atoms with Gasteiger partial charge in [-0.3, -0.25) is 4.79 Å². The molecule has 0 aliphatic rings. The Balaban J connectivity index is 1.71. The van der Waals surface area contributed by atoms with Gasteiger partial charge in [-0.15, -0.1) is 0 Å². The normalized spacial score (nSPS) is 10.5. The molecule has 128 valence electrons. The van der Waals surface area contributed by atoms with Crippen LogP contribution in [-0.2, 0) is 4.79 Å². The molecule has 2 aromatic carbocycles. The van der Waals surface area contributed by atoms with Crippen LogP contribution in [0.15, 0.2) is 54.9 Å². The van der Waals surface area contributed by atoms with Crippen LogP contribution in [0, 0.1) is 13.8 Å². The third-order valence-electron chi connectivity index (χ3n) is 3.81. The Labute approximate surface area is 151 Å². The third kappa shape index (κ3) is 4.19. The number of nitrogens with zero attached hydrogens (tertiary/aromatic N) is 2. The lowest BCUT2D eigenvalue weighted by atomic mass is 10.1. The van der Waals surface area contributed by atoms with Gasteiger partial charge in [0, 0.05) is 23.1 Å². The molecule has 0 aliphatic heterocycles. The van der Waals surface area contributed by atoms with Crippen molar-refractivity contribution >= 4 is 28.9 Å². The average Bonchev–Trinajstić information content (AvgIpc) is 3.10. The highest BCUT2D eigenvalue weighted by Crippen LogP contribution is 2.24. The largest absolute Gasteiger partial charge is 0.374 e. The van der Waals surface area contributed by atoms with Gasteiger partial charge in [0.05, 0.1) is 17.9 Å². The second-order valence-electron chi connectivity index (χ2n) is 5.83. The van der Waals surface area contributed by atoms with E-state index < -0.39 is 0 Å². The number of aryl methyl sites for hydroxylation is 2. The summed E-state index contributed by atoms with van der Waals surface area (Å²) in [5.74, 6) is -0.127. The maximum atomic E-state index is 12.3. The Morgan fingerprint density at radius 3 is 2.72 bits per heavy atom. The van der Waals surface area contributed by atoms with Crippen molar-refractivity contribution in [3.05, 3.63) is 71.0 Å². The van der Waals surface area contributed by atoms with Crippen molar-refractivity contribution < 1.29 is 4.79 Å². The van der Waals surface area contributed by atoms with E-state index >= 15 is 0 Å². The second-order valence-corrected chi connectivity index (χ2v) is 6.27. The van der Waals surface area contributed by atoms with Crippen LogP contribution in [0.2, 0.25) is 5.02 Å². The van der Waals surface area contributed by atoms with E-state index in [2.05, 4.69) is 15.7 Å². The first-order chi connectivity index (χ1) is 12.0. The Morgan fingerprint density at radius 2 is 2.00 bits per heavy atom. The molecule has 1 aromatic heterocycles. The first-order valence-corrected chi connectivity index (χ1v) is 8.31. The van der Waals surface area contributed by atoms with E-state index in [1.165, 1.54) is 0 Å². The van der Waals surface area contributed by atoms with Crippen molar-refractivity contribution in [1.82, 2.24) is 9.78 Å². The fourth-order valence-corrected chi connectivity index (χ4v) is 2.76. The van der Waals surface area contributed by atoms with Crippen LogP contribution in [0.25, 0.3) is 5.69 Å². The molecule has 0 bridgehead atoms. The number of halogens is 1. The van der Waals surface area contributed by atoms with Crippen molar-refractivity contribution in [1.29, 1.82) is 0 Å². The SMILES string of the molecule is Cc1ccc(NC(=O)CNc2cc(Cl)ccc2-n2cccn2)c(C)c1. The van der Waals surface area contributed by atoms with Gasteiger partial charge in [-0.1, -0.05) is 29.3 Å². The molecule has 0 aliphatic carbocycles. The molecule has 25 heavy (non-hydrogen) atoms. The Morgan fingerprint density at radius 1 is 1.16 bits per heavy atom. The molecule has 3 aromatic rings. The number of hydrogen-bond acceptors (Lipinski definition) is 3. The zero-order chi connectivity index (χ0) is 17.8. The third-order valence-corrected chi connectivity index (χ3v) is 4.04. The topological polar surface area (TPSA) is 59.0 Å². The van der Waals surface area contributed by atoms with E-state index in [1.807, 2.05) is 50.4 Å². The van der Waals surface area contributed by atoms with Crippen molar-refractivity contribution in [3.8, 4) is 5.69 Å². The van der Waals surface area contributed by atoms with Crippen LogP contribution in [0.5, 0.6) is 0 Å². The lowest BCUT2D eigenvalue weighted by Gasteiger charge is -2.13. The minimum absolute atomic E-state index is 0.127. The number of carbonyl (C=O) groups is 1. The van der Waals surface area contributed by atoms with Crippen LogP contribution in [-0.4, -0.2) is 22.2 Å². The van der Waals surface area contributed by atoms with Crippen molar-refractivity contribution in [2.24, 2.45) is 0 Å². The summed E-state index contributed by atoms with van der Waals surface area (Å²) in [6.07, 6.45) is 3.54. The fraction of sp³-hybridized carbons (Fsp3) is 0.158. The second kappa shape index (κ2) is 7.40. The first-order valence-electron chi connectivity index (χ1n) is 7.93. The van der Waals surface area contributed by atoms with Crippen LogP contribution in [0.3, 0.4) is 0 Å². The number of benzene rings is 2. The number of rotatable bonds is 5. The Bertz CT molecular complexity index is 890. The van der Waals surface area contributed by atoms with Crippen LogP contribution in [0.4, 0.5) is 11.4 Å². The molecule has 5 nitrogen and oxygen atoms in total. The number of hydrogen-bond donors (Lipinski definition) is 2. The number of carbonyl (C=O) groups excluding carboxylic acids is 1. The summed E-state index contributed by atoms with van der Waals surface area (Å²) in [4.78, 5) is 12.3. The average molecular weight is 355 g/mol. The highest BCUT2D eigenvalue weighted by atomic mass is 35.5. The summed E-state index contributed by atoms with van der Waals surface area (Å²) in [6, 6.07) is 13.2. The molecule has 0 unspecified atom stereocenters. The van der Waals surface area contributed by atoms with Gasteiger partial charge in [-0.2, -0.15) is 5.10 Å². The number of nitrogens with one attached hydrogen (secondary N) is 2. The zero-order valence-electron chi connectivity index (χ0n) is 14.1. The lowest BCUT2D eigenvalue weighted by Crippen LogP contribution is -2.22. The summed E-state index contributed by atoms with van der Waals surface area (Å²) in [7, 11) is 0. The molecular weight excluding hydrogens is 336 g/mol. The van der Waals surface area contributed by atoms with E-state index in [0.717, 1.165) is 28.2 Å². The summed E-state index contributed by atoms with van der Waals surface area (Å²) >= 11 is 6.09. The smallest absolute Gasteiger partial charge is 0.243 e. The number of amides is 1. The monoisotopic (exact) mass is 354 g/mol. The fourth-order valence-electron chi connectivity index (χ4n) is 2.58. The van der Waals surface area contributed by atoms with Gasteiger partial charge in [0.15, 0.2) is 0 Å². The molecule has 3 rings (SSSR count). The molecule has 1 amide bonds. The molecule has 2 N–H and O–H groups in total. The summed E-state index contributed by atoms with van der Waals surface area (Å²) in [6.45, 7) is 4.13. The van der Waals surface area contributed by atoms with Crippen molar-refractivity contribution in [3.63, 3.8) is 0 Å². The predicted molar refractivity (Wildman–Crippen MR) is 102 cm³/mol.